The maximum Gasteiger partial charge on any atom is 0.331 e. The topological polar surface area (TPSA) is 103 Å². The van der Waals surface area contributed by atoms with Gasteiger partial charge in [-0.05, 0) is 17.7 Å². The lowest BCUT2D eigenvalue weighted by molar-refractivity contribution is 0.412. The van der Waals surface area contributed by atoms with Gasteiger partial charge in [-0.25, -0.2) is 4.79 Å². The van der Waals surface area contributed by atoms with Crippen LogP contribution in [0.2, 0.25) is 0 Å². The van der Waals surface area contributed by atoms with E-state index in [1.807, 2.05) is 6.07 Å². The number of benzene rings is 1. The first-order valence-corrected chi connectivity index (χ1v) is 6.11. The first-order chi connectivity index (χ1) is 9.97. The summed E-state index contributed by atoms with van der Waals surface area (Å²) in [4.78, 5) is 24.0. The van der Waals surface area contributed by atoms with Crippen molar-refractivity contribution in [2.24, 2.45) is 7.05 Å². The molecule has 108 valence electrons. The number of ether oxygens (including phenoxy) is 1. The molecule has 1 aromatic heterocycles. The van der Waals surface area contributed by atoms with Crippen LogP contribution >= 0.6 is 0 Å². The predicted molar refractivity (Wildman–Crippen MR) is 77.2 cm³/mol. The molecule has 2 aromatic rings. The molecule has 0 spiro atoms. The number of nitrogens with zero attached hydrogens (tertiary/aromatic N) is 3. The summed E-state index contributed by atoms with van der Waals surface area (Å²) in [6.07, 6.45) is 1.29. The zero-order chi connectivity index (χ0) is 15.6. The quantitative estimate of drug-likeness (QED) is 0.859. The highest BCUT2D eigenvalue weighted by Crippen LogP contribution is 2.19. The summed E-state index contributed by atoms with van der Waals surface area (Å²) in [6, 6.07) is 6.86. The van der Waals surface area contributed by atoms with Crippen molar-refractivity contribution in [2.75, 3.05) is 12.8 Å². The highest BCUT2D eigenvalue weighted by atomic mass is 16.5. The highest BCUT2D eigenvalue weighted by Gasteiger charge is 2.10. The van der Waals surface area contributed by atoms with E-state index in [0.717, 1.165) is 4.57 Å². The Balaban J connectivity index is 2.52. The number of aromatic nitrogens is 2. The van der Waals surface area contributed by atoms with Gasteiger partial charge in [-0.2, -0.15) is 5.26 Å². The van der Waals surface area contributed by atoms with E-state index in [4.69, 9.17) is 15.7 Å². The van der Waals surface area contributed by atoms with Gasteiger partial charge in [-0.15, -0.1) is 0 Å². The van der Waals surface area contributed by atoms with Crippen molar-refractivity contribution in [3.63, 3.8) is 0 Å². The van der Waals surface area contributed by atoms with Crippen LogP contribution in [0, 0.1) is 11.3 Å². The van der Waals surface area contributed by atoms with Gasteiger partial charge in [-0.3, -0.25) is 9.36 Å². The van der Waals surface area contributed by atoms with Crippen LogP contribution in [0.1, 0.15) is 11.1 Å². The zero-order valence-electron chi connectivity index (χ0n) is 11.7. The average Bonchev–Trinajstić information content (AvgIpc) is 2.49. The number of methoxy groups -OCH3 is 1. The van der Waals surface area contributed by atoms with Crippen LogP contribution in [0.5, 0.6) is 5.75 Å². The molecule has 1 aromatic carbocycles. The van der Waals surface area contributed by atoms with Gasteiger partial charge in [-0.1, -0.05) is 6.07 Å². The molecule has 0 aliphatic heterocycles. The van der Waals surface area contributed by atoms with Crippen molar-refractivity contribution in [3.8, 4) is 11.8 Å². The standard InChI is InChI=1S/C14H14N4O3/c1-17-8-11(16)13(19)18(14(17)20)7-9-3-4-10(6-15)12(5-9)21-2/h3-5,8H,7,16H2,1-2H3. The third kappa shape index (κ3) is 2.65. The summed E-state index contributed by atoms with van der Waals surface area (Å²) in [5.74, 6) is 0.392. The van der Waals surface area contributed by atoms with Gasteiger partial charge in [0.05, 0.1) is 19.2 Å². The van der Waals surface area contributed by atoms with Gasteiger partial charge < -0.3 is 15.0 Å². The Labute approximate surface area is 120 Å². The van der Waals surface area contributed by atoms with E-state index >= 15 is 0 Å². The first-order valence-electron chi connectivity index (χ1n) is 6.11. The van der Waals surface area contributed by atoms with Crippen molar-refractivity contribution in [3.05, 3.63) is 56.4 Å². The number of nitriles is 1. The summed E-state index contributed by atoms with van der Waals surface area (Å²) in [6.45, 7) is 0.0542. The number of anilines is 1. The van der Waals surface area contributed by atoms with Gasteiger partial charge in [0.1, 0.15) is 17.5 Å². The molecule has 7 nitrogen and oxygen atoms in total. The molecule has 0 saturated carbocycles. The third-order valence-corrected chi connectivity index (χ3v) is 3.08. The number of nitrogen functional groups attached to an aromatic ring is 1. The Morgan fingerprint density at radius 2 is 2.10 bits per heavy atom. The lowest BCUT2D eigenvalue weighted by atomic mass is 10.1. The second kappa shape index (κ2) is 5.54. The van der Waals surface area contributed by atoms with Crippen molar-refractivity contribution in [1.29, 1.82) is 5.26 Å². The maximum atomic E-state index is 12.0. The molecule has 0 atom stereocenters. The second-order valence-corrected chi connectivity index (χ2v) is 4.52. The SMILES string of the molecule is COc1cc(Cn2c(=O)c(N)cn(C)c2=O)ccc1C#N. The Bertz CT molecular complexity index is 809. The summed E-state index contributed by atoms with van der Waals surface area (Å²) in [5, 5.41) is 8.94. The van der Waals surface area contributed by atoms with Crippen LogP contribution in [0.3, 0.4) is 0 Å². The van der Waals surface area contributed by atoms with Crippen LogP contribution in [0.25, 0.3) is 0 Å². The van der Waals surface area contributed by atoms with E-state index in [1.165, 1.54) is 24.9 Å². The number of nitrogens with two attached hydrogens (primary N) is 1. The molecule has 0 saturated heterocycles. The van der Waals surface area contributed by atoms with Crippen molar-refractivity contribution in [2.45, 2.75) is 6.54 Å². The van der Waals surface area contributed by atoms with E-state index in [0.29, 0.717) is 16.9 Å². The number of rotatable bonds is 3. The molecule has 0 aliphatic rings. The van der Waals surface area contributed by atoms with Crippen LogP contribution in [0.4, 0.5) is 5.69 Å². The molecule has 1 heterocycles. The molecule has 0 fully saturated rings. The normalized spacial score (nSPS) is 10.1. The lowest BCUT2D eigenvalue weighted by Crippen LogP contribution is -2.39. The first kappa shape index (κ1) is 14.4. The largest absolute Gasteiger partial charge is 0.495 e. The fourth-order valence-corrected chi connectivity index (χ4v) is 2.00. The molecular formula is C14H14N4O3. The maximum absolute atomic E-state index is 12.0. The van der Waals surface area contributed by atoms with Gasteiger partial charge in [0, 0.05) is 13.2 Å². The van der Waals surface area contributed by atoms with E-state index in [2.05, 4.69) is 0 Å². The Morgan fingerprint density at radius 3 is 2.71 bits per heavy atom. The minimum atomic E-state index is -0.540. The van der Waals surface area contributed by atoms with Crippen LogP contribution < -0.4 is 21.7 Å². The summed E-state index contributed by atoms with van der Waals surface area (Å²) in [5.41, 5.74) is 5.63. The number of aryl methyl sites for hydroxylation is 1. The van der Waals surface area contributed by atoms with E-state index in [-0.39, 0.29) is 12.2 Å². The minimum absolute atomic E-state index is 0.00212. The molecule has 0 aliphatic carbocycles. The summed E-state index contributed by atoms with van der Waals surface area (Å²) in [7, 11) is 2.97. The monoisotopic (exact) mass is 286 g/mol. The van der Waals surface area contributed by atoms with E-state index < -0.39 is 11.2 Å². The Morgan fingerprint density at radius 1 is 1.38 bits per heavy atom. The fraction of sp³-hybridized carbons (Fsp3) is 0.214. The number of hydrogen-bond acceptors (Lipinski definition) is 5. The lowest BCUT2D eigenvalue weighted by Gasteiger charge is -2.10. The number of hydrogen-bond donors (Lipinski definition) is 1. The Hall–Kier alpha value is -3.01. The van der Waals surface area contributed by atoms with Crippen LogP contribution in [-0.2, 0) is 13.6 Å². The van der Waals surface area contributed by atoms with Gasteiger partial charge in [0.15, 0.2) is 0 Å². The predicted octanol–water partition coefficient (Wildman–Crippen LogP) is 0.0578. The molecule has 0 radical (unpaired) electrons. The molecule has 7 heteroatoms. The fourth-order valence-electron chi connectivity index (χ4n) is 2.00. The van der Waals surface area contributed by atoms with Crippen molar-refractivity contribution in [1.82, 2.24) is 9.13 Å². The van der Waals surface area contributed by atoms with Crippen molar-refractivity contribution < 1.29 is 4.74 Å². The van der Waals surface area contributed by atoms with Crippen LogP contribution in [-0.4, -0.2) is 16.2 Å². The van der Waals surface area contributed by atoms with Gasteiger partial charge in [0.25, 0.3) is 5.56 Å². The summed E-state index contributed by atoms with van der Waals surface area (Å²) < 4.78 is 7.39. The summed E-state index contributed by atoms with van der Waals surface area (Å²) >= 11 is 0. The molecule has 2 N–H and O–H groups in total. The highest BCUT2D eigenvalue weighted by molar-refractivity contribution is 5.45. The smallest absolute Gasteiger partial charge is 0.331 e. The molecule has 0 bridgehead atoms. The van der Waals surface area contributed by atoms with Crippen LogP contribution in [0.15, 0.2) is 34.0 Å². The molecule has 0 unspecified atom stereocenters. The third-order valence-electron chi connectivity index (χ3n) is 3.08. The minimum Gasteiger partial charge on any atom is -0.495 e. The van der Waals surface area contributed by atoms with Gasteiger partial charge in [0.2, 0.25) is 0 Å². The average molecular weight is 286 g/mol. The van der Waals surface area contributed by atoms with E-state index in [1.54, 1.807) is 18.2 Å². The van der Waals surface area contributed by atoms with Gasteiger partial charge >= 0.3 is 5.69 Å². The molecule has 2 rings (SSSR count). The molecule has 0 amide bonds. The molecular weight excluding hydrogens is 272 g/mol. The molecule has 21 heavy (non-hydrogen) atoms. The zero-order valence-corrected chi connectivity index (χ0v) is 11.7. The Kier molecular flexibility index (Phi) is 3.80. The second-order valence-electron chi connectivity index (χ2n) is 4.52. The van der Waals surface area contributed by atoms with E-state index in [9.17, 15) is 9.59 Å². The van der Waals surface area contributed by atoms with Crippen molar-refractivity contribution >= 4 is 5.69 Å².